The fourth-order valence-corrected chi connectivity index (χ4v) is 9.73. The Hall–Kier alpha value is -3.46. The molecule has 7 nitrogen and oxygen atoms in total. The number of esters is 2. The third-order valence-electron chi connectivity index (χ3n) is 6.97. The number of benzene rings is 2. The summed E-state index contributed by atoms with van der Waals surface area (Å²) in [7, 11) is -0.919. The Bertz CT molecular complexity index is 1260. The molecule has 0 unspecified atom stereocenters. The van der Waals surface area contributed by atoms with Crippen molar-refractivity contribution in [1.82, 2.24) is 0 Å². The molecule has 38 heavy (non-hydrogen) atoms. The van der Waals surface area contributed by atoms with Crippen molar-refractivity contribution in [2.24, 2.45) is 0 Å². The number of hydrogen-bond donors (Lipinski definition) is 0. The van der Waals surface area contributed by atoms with Crippen LogP contribution in [0.15, 0.2) is 59.1 Å². The van der Waals surface area contributed by atoms with E-state index in [9.17, 15) is 9.59 Å². The van der Waals surface area contributed by atoms with Gasteiger partial charge in [-0.2, -0.15) is 0 Å². The van der Waals surface area contributed by atoms with E-state index in [-0.39, 0.29) is 24.4 Å². The van der Waals surface area contributed by atoms with E-state index in [0.29, 0.717) is 11.1 Å². The molecule has 0 saturated carbocycles. The number of methoxy groups -OCH3 is 2. The lowest BCUT2D eigenvalue weighted by molar-refractivity contribution is -0.139. The highest BCUT2D eigenvalue weighted by Crippen LogP contribution is 2.32. The number of hydrogen-bond acceptors (Lipinski definition) is 7. The van der Waals surface area contributed by atoms with Crippen molar-refractivity contribution >= 4 is 30.9 Å². The number of carbonyl (C=O) groups is 2. The molecule has 2 aliphatic rings. The summed E-state index contributed by atoms with van der Waals surface area (Å²) in [5, 5.41) is 2.03. The minimum atomic E-state index is -3.46. The Kier molecular flexibility index (Phi) is 7.78. The van der Waals surface area contributed by atoms with Gasteiger partial charge in [0.2, 0.25) is 0 Å². The van der Waals surface area contributed by atoms with E-state index < -0.39 is 20.5 Å². The summed E-state index contributed by atoms with van der Waals surface area (Å²) < 4.78 is 29.7. The zero-order valence-electron chi connectivity index (χ0n) is 23.2. The molecule has 0 amide bonds. The Labute approximate surface area is 224 Å². The fraction of sp³-hybridized carbons (Fsp3) is 0.333. The molecule has 200 valence electrons. The van der Waals surface area contributed by atoms with Gasteiger partial charge in [0, 0.05) is 21.5 Å². The summed E-state index contributed by atoms with van der Waals surface area (Å²) in [5.74, 6) is -1.37. The zero-order chi connectivity index (χ0) is 27.8. The smallest absolute Gasteiger partial charge is 0.408 e. The maximum atomic E-state index is 13.0. The van der Waals surface area contributed by atoms with Crippen molar-refractivity contribution in [3.05, 3.63) is 92.5 Å². The lowest BCUT2D eigenvalue weighted by Gasteiger charge is -2.36. The van der Waals surface area contributed by atoms with Gasteiger partial charge in [0.25, 0.3) is 0 Å². The molecule has 2 bridgehead atoms. The van der Waals surface area contributed by atoms with Crippen molar-refractivity contribution in [2.75, 3.05) is 27.4 Å². The monoisotopic (exact) mass is 534 g/mol. The highest BCUT2D eigenvalue weighted by Gasteiger charge is 2.49. The van der Waals surface area contributed by atoms with Gasteiger partial charge in [0.05, 0.1) is 51.1 Å². The van der Waals surface area contributed by atoms with Crippen molar-refractivity contribution in [1.29, 1.82) is 0 Å². The van der Waals surface area contributed by atoms with E-state index >= 15 is 0 Å². The molecular formula is C30H34O7Si. The number of carbonyl (C=O) groups excluding carboxylic acids is 2. The van der Waals surface area contributed by atoms with Gasteiger partial charge in [0.1, 0.15) is 0 Å². The molecule has 0 atom stereocenters. The molecule has 0 fully saturated rings. The van der Waals surface area contributed by atoms with Crippen LogP contribution in [0.2, 0.25) is 0 Å². The van der Waals surface area contributed by atoms with E-state index in [1.807, 2.05) is 0 Å². The van der Waals surface area contributed by atoms with Gasteiger partial charge in [0.15, 0.2) is 0 Å². The molecule has 0 saturated heterocycles. The second kappa shape index (κ2) is 10.7. The van der Waals surface area contributed by atoms with Gasteiger partial charge in [-0.15, -0.1) is 0 Å². The average Bonchev–Trinajstić information content (AvgIpc) is 2.99. The summed E-state index contributed by atoms with van der Waals surface area (Å²) in [5.41, 5.74) is 7.37. The molecule has 2 aromatic rings. The van der Waals surface area contributed by atoms with Gasteiger partial charge in [-0.25, -0.2) is 9.59 Å². The van der Waals surface area contributed by atoms with Crippen molar-refractivity contribution in [3.8, 4) is 0 Å². The molecule has 2 aliphatic heterocycles. The summed E-state index contributed by atoms with van der Waals surface area (Å²) in [6.07, 6.45) is 2.85. The Morgan fingerprint density at radius 1 is 0.658 bits per heavy atom. The largest absolute Gasteiger partial charge is 0.472 e. The molecule has 0 spiro atoms. The second-order valence-corrected chi connectivity index (χ2v) is 12.7. The SMILES string of the molecule is COC(=O)C1=C(C(=O)OC)C2=COC=C1CO[Si](c1c(C)cc(C)cc1C)(c1c(C)cc(C)cc1C)OC2. The first-order valence-electron chi connectivity index (χ1n) is 12.4. The quantitative estimate of drug-likeness (QED) is 0.438. The molecule has 2 aromatic carbocycles. The Morgan fingerprint density at radius 2 is 1.00 bits per heavy atom. The second-order valence-electron chi connectivity index (χ2n) is 9.90. The topological polar surface area (TPSA) is 80.3 Å². The highest BCUT2D eigenvalue weighted by molar-refractivity contribution is 6.93. The Balaban J connectivity index is 2.04. The number of aryl methyl sites for hydroxylation is 6. The fourth-order valence-electron chi connectivity index (χ4n) is 5.73. The molecule has 0 aliphatic carbocycles. The molecule has 2 heterocycles. The van der Waals surface area contributed by atoms with Crippen LogP contribution in [0.4, 0.5) is 0 Å². The first kappa shape index (κ1) is 27.6. The molecule has 0 radical (unpaired) electrons. The predicted molar refractivity (Wildman–Crippen MR) is 147 cm³/mol. The minimum absolute atomic E-state index is 0.0439. The lowest BCUT2D eigenvalue weighted by Crippen LogP contribution is -2.66. The van der Waals surface area contributed by atoms with Gasteiger partial charge < -0.3 is 23.1 Å². The van der Waals surface area contributed by atoms with Crippen LogP contribution in [0.5, 0.6) is 0 Å². The Morgan fingerprint density at radius 3 is 1.32 bits per heavy atom. The van der Waals surface area contributed by atoms with Crippen LogP contribution in [-0.2, 0) is 32.7 Å². The number of rotatable bonds is 4. The van der Waals surface area contributed by atoms with E-state index in [0.717, 1.165) is 43.8 Å². The van der Waals surface area contributed by atoms with Gasteiger partial charge >= 0.3 is 20.5 Å². The first-order chi connectivity index (χ1) is 18.0. The van der Waals surface area contributed by atoms with E-state index in [1.165, 1.54) is 26.7 Å². The van der Waals surface area contributed by atoms with Crippen LogP contribution in [0, 0.1) is 41.5 Å². The lowest BCUT2D eigenvalue weighted by atomic mass is 9.96. The van der Waals surface area contributed by atoms with Crippen LogP contribution in [0.1, 0.15) is 33.4 Å². The van der Waals surface area contributed by atoms with Crippen LogP contribution >= 0.6 is 0 Å². The minimum Gasteiger partial charge on any atom is -0.472 e. The molecule has 8 heteroatoms. The first-order valence-corrected chi connectivity index (χ1v) is 14.3. The van der Waals surface area contributed by atoms with Gasteiger partial charge in [-0.05, 0) is 63.8 Å². The highest BCUT2D eigenvalue weighted by atomic mass is 28.4. The normalized spacial score (nSPS) is 16.8. The third kappa shape index (κ3) is 4.75. The van der Waals surface area contributed by atoms with E-state index in [1.54, 1.807) is 0 Å². The zero-order valence-corrected chi connectivity index (χ0v) is 24.2. The van der Waals surface area contributed by atoms with E-state index in [2.05, 4.69) is 65.8 Å². The van der Waals surface area contributed by atoms with Crippen LogP contribution in [0.25, 0.3) is 0 Å². The molecular weight excluding hydrogens is 500 g/mol. The number of ether oxygens (including phenoxy) is 3. The van der Waals surface area contributed by atoms with Crippen molar-refractivity contribution in [3.63, 3.8) is 0 Å². The molecule has 4 rings (SSSR count). The van der Waals surface area contributed by atoms with Gasteiger partial charge in [-0.3, -0.25) is 0 Å². The summed E-state index contributed by atoms with van der Waals surface area (Å²) in [6.45, 7) is 12.3. The summed E-state index contributed by atoms with van der Waals surface area (Å²) in [6, 6.07) is 8.54. The summed E-state index contributed by atoms with van der Waals surface area (Å²) >= 11 is 0. The predicted octanol–water partition coefficient (Wildman–Crippen LogP) is 3.58. The average molecular weight is 535 g/mol. The summed E-state index contributed by atoms with van der Waals surface area (Å²) in [4.78, 5) is 26.0. The standard InChI is InChI=1S/C30H34O7Si/c1-17-9-19(3)27(20(4)10-17)38(28-21(5)11-18(2)12-22(28)6)36-15-23-13-35-14-24(16-37-38)26(30(32)34-8)25(23)29(31)33-7/h9-14H,15-16H2,1-8H3. The van der Waals surface area contributed by atoms with E-state index in [4.69, 9.17) is 23.1 Å². The maximum absolute atomic E-state index is 13.0. The molecule has 0 aromatic heterocycles. The van der Waals surface area contributed by atoms with Crippen molar-refractivity contribution < 1.29 is 32.7 Å². The van der Waals surface area contributed by atoms with Crippen LogP contribution < -0.4 is 10.4 Å². The van der Waals surface area contributed by atoms with Crippen LogP contribution in [-0.4, -0.2) is 47.9 Å². The number of fused-ring (bicyclic) bond motifs is 2. The van der Waals surface area contributed by atoms with Crippen LogP contribution in [0.3, 0.4) is 0 Å². The maximum Gasteiger partial charge on any atom is 0.408 e. The molecule has 0 N–H and O–H groups in total. The third-order valence-corrected chi connectivity index (χ3v) is 11.0. The van der Waals surface area contributed by atoms with Crippen molar-refractivity contribution in [2.45, 2.75) is 41.5 Å². The van der Waals surface area contributed by atoms with Gasteiger partial charge in [-0.1, -0.05) is 35.4 Å².